The van der Waals surface area contributed by atoms with E-state index in [1.54, 1.807) is 18.0 Å². The standard InChI is InChI=1S/C12H15N3O2S/c1-2-15-11(10-4-3-6-17-10)13-14-12(15)18-9-5-7-16-8-9/h3-4,6,9H,2,5,7-8H2,1H3/t9-/m1/s1. The maximum Gasteiger partial charge on any atom is 0.200 e. The van der Waals surface area contributed by atoms with Gasteiger partial charge in [0.2, 0.25) is 0 Å². The largest absolute Gasteiger partial charge is 0.461 e. The van der Waals surface area contributed by atoms with Gasteiger partial charge in [0.1, 0.15) is 0 Å². The summed E-state index contributed by atoms with van der Waals surface area (Å²) in [6, 6.07) is 3.77. The molecule has 0 aromatic carbocycles. The molecule has 0 aliphatic carbocycles. The Morgan fingerprint density at radius 1 is 1.50 bits per heavy atom. The SMILES string of the molecule is CCn1c(S[C@@H]2CCOC2)nnc1-c1ccco1. The van der Waals surface area contributed by atoms with Gasteiger partial charge in [0.05, 0.1) is 12.9 Å². The fraction of sp³-hybridized carbons (Fsp3) is 0.500. The third-order valence-electron chi connectivity index (χ3n) is 2.93. The quantitative estimate of drug-likeness (QED) is 0.850. The first-order chi connectivity index (χ1) is 8.88. The molecule has 1 fully saturated rings. The van der Waals surface area contributed by atoms with Crippen LogP contribution in [0.3, 0.4) is 0 Å². The van der Waals surface area contributed by atoms with Crippen LogP contribution in [0.1, 0.15) is 13.3 Å². The predicted octanol–water partition coefficient (Wildman–Crippen LogP) is 2.44. The molecule has 0 saturated carbocycles. The molecule has 0 radical (unpaired) electrons. The highest BCUT2D eigenvalue weighted by Gasteiger charge is 2.22. The minimum atomic E-state index is 0.490. The van der Waals surface area contributed by atoms with Gasteiger partial charge in [0.15, 0.2) is 16.7 Å². The van der Waals surface area contributed by atoms with E-state index >= 15 is 0 Å². The topological polar surface area (TPSA) is 53.1 Å². The van der Waals surface area contributed by atoms with Gasteiger partial charge in [-0.25, -0.2) is 0 Å². The minimum absolute atomic E-state index is 0.490. The first kappa shape index (κ1) is 11.8. The fourth-order valence-corrected chi connectivity index (χ4v) is 3.11. The van der Waals surface area contributed by atoms with E-state index in [2.05, 4.69) is 21.7 Å². The Hall–Kier alpha value is -1.27. The lowest BCUT2D eigenvalue weighted by Gasteiger charge is -2.08. The van der Waals surface area contributed by atoms with Gasteiger partial charge in [-0.3, -0.25) is 4.57 Å². The third-order valence-corrected chi connectivity index (χ3v) is 4.15. The zero-order chi connectivity index (χ0) is 12.4. The van der Waals surface area contributed by atoms with Gasteiger partial charge in [-0.15, -0.1) is 10.2 Å². The molecule has 2 aromatic rings. The molecule has 1 aliphatic rings. The van der Waals surface area contributed by atoms with Crippen LogP contribution in [-0.4, -0.2) is 33.2 Å². The Kier molecular flexibility index (Phi) is 3.38. The molecule has 1 saturated heterocycles. The van der Waals surface area contributed by atoms with Crippen molar-refractivity contribution in [1.29, 1.82) is 0 Å². The van der Waals surface area contributed by atoms with Crippen molar-refractivity contribution in [3.05, 3.63) is 18.4 Å². The third kappa shape index (κ3) is 2.18. The summed E-state index contributed by atoms with van der Waals surface area (Å²) < 4.78 is 12.9. The smallest absolute Gasteiger partial charge is 0.200 e. The van der Waals surface area contributed by atoms with Crippen LogP contribution in [0.5, 0.6) is 0 Å². The molecule has 1 atom stereocenters. The fourth-order valence-electron chi connectivity index (χ4n) is 2.00. The van der Waals surface area contributed by atoms with E-state index in [1.165, 1.54) is 0 Å². The maximum absolute atomic E-state index is 5.39. The van der Waals surface area contributed by atoms with Crippen LogP contribution in [0.25, 0.3) is 11.6 Å². The number of ether oxygens (including phenoxy) is 1. The lowest BCUT2D eigenvalue weighted by atomic mass is 10.4. The summed E-state index contributed by atoms with van der Waals surface area (Å²) in [6.07, 6.45) is 2.74. The van der Waals surface area contributed by atoms with Crippen molar-refractivity contribution in [2.45, 2.75) is 30.3 Å². The van der Waals surface area contributed by atoms with E-state index in [9.17, 15) is 0 Å². The van der Waals surface area contributed by atoms with Gasteiger partial charge in [-0.05, 0) is 25.5 Å². The summed E-state index contributed by atoms with van der Waals surface area (Å²) in [5.41, 5.74) is 0. The Morgan fingerprint density at radius 2 is 2.44 bits per heavy atom. The molecule has 3 heterocycles. The van der Waals surface area contributed by atoms with Crippen molar-refractivity contribution in [3.63, 3.8) is 0 Å². The number of thioether (sulfide) groups is 1. The van der Waals surface area contributed by atoms with Crippen LogP contribution < -0.4 is 0 Å². The Balaban J connectivity index is 1.86. The van der Waals surface area contributed by atoms with Gasteiger partial charge in [-0.1, -0.05) is 11.8 Å². The van der Waals surface area contributed by atoms with Gasteiger partial charge in [-0.2, -0.15) is 0 Å². The average molecular weight is 265 g/mol. The molecule has 18 heavy (non-hydrogen) atoms. The summed E-state index contributed by atoms with van der Waals surface area (Å²) in [6.45, 7) is 4.57. The molecule has 5 nitrogen and oxygen atoms in total. The predicted molar refractivity (Wildman–Crippen MR) is 68.5 cm³/mol. The first-order valence-electron chi connectivity index (χ1n) is 6.10. The van der Waals surface area contributed by atoms with E-state index in [-0.39, 0.29) is 0 Å². The van der Waals surface area contributed by atoms with E-state index in [4.69, 9.17) is 9.15 Å². The summed E-state index contributed by atoms with van der Waals surface area (Å²) in [7, 11) is 0. The highest BCUT2D eigenvalue weighted by atomic mass is 32.2. The van der Waals surface area contributed by atoms with Crippen molar-refractivity contribution in [2.75, 3.05) is 13.2 Å². The molecule has 0 spiro atoms. The molecule has 0 unspecified atom stereocenters. The number of furan rings is 1. The Bertz CT molecular complexity index is 503. The molecular weight excluding hydrogens is 250 g/mol. The summed E-state index contributed by atoms with van der Waals surface area (Å²) >= 11 is 1.74. The first-order valence-corrected chi connectivity index (χ1v) is 6.98. The second kappa shape index (κ2) is 5.16. The summed E-state index contributed by atoms with van der Waals surface area (Å²) in [5, 5.41) is 9.93. The summed E-state index contributed by atoms with van der Waals surface area (Å²) in [5.74, 6) is 1.56. The van der Waals surface area contributed by atoms with E-state index in [0.717, 1.165) is 42.9 Å². The highest BCUT2D eigenvalue weighted by Crippen LogP contribution is 2.30. The van der Waals surface area contributed by atoms with Crippen molar-refractivity contribution >= 4 is 11.8 Å². The molecule has 3 rings (SSSR count). The van der Waals surface area contributed by atoms with Crippen molar-refractivity contribution in [1.82, 2.24) is 14.8 Å². The monoisotopic (exact) mass is 265 g/mol. The normalized spacial score (nSPS) is 19.5. The van der Waals surface area contributed by atoms with Crippen molar-refractivity contribution < 1.29 is 9.15 Å². The Labute approximate surface area is 110 Å². The molecule has 96 valence electrons. The Morgan fingerprint density at radius 3 is 3.11 bits per heavy atom. The molecule has 1 aliphatic heterocycles. The average Bonchev–Trinajstić information content (AvgIpc) is 3.10. The highest BCUT2D eigenvalue weighted by molar-refractivity contribution is 7.99. The lowest BCUT2D eigenvalue weighted by Crippen LogP contribution is -2.05. The molecule has 0 bridgehead atoms. The second-order valence-electron chi connectivity index (χ2n) is 4.13. The second-order valence-corrected chi connectivity index (χ2v) is 5.40. The van der Waals surface area contributed by atoms with Crippen LogP contribution in [0.4, 0.5) is 0 Å². The number of hydrogen-bond acceptors (Lipinski definition) is 5. The zero-order valence-corrected chi connectivity index (χ0v) is 11.0. The lowest BCUT2D eigenvalue weighted by molar-refractivity contribution is 0.199. The van der Waals surface area contributed by atoms with Crippen LogP contribution in [-0.2, 0) is 11.3 Å². The van der Waals surface area contributed by atoms with Gasteiger partial charge in [0, 0.05) is 18.4 Å². The van der Waals surface area contributed by atoms with E-state index in [1.807, 2.05) is 12.1 Å². The van der Waals surface area contributed by atoms with Crippen LogP contribution >= 0.6 is 11.8 Å². The van der Waals surface area contributed by atoms with Crippen LogP contribution in [0.2, 0.25) is 0 Å². The molecule has 2 aromatic heterocycles. The number of nitrogens with zero attached hydrogens (tertiary/aromatic N) is 3. The van der Waals surface area contributed by atoms with Gasteiger partial charge in [0.25, 0.3) is 0 Å². The zero-order valence-electron chi connectivity index (χ0n) is 10.2. The van der Waals surface area contributed by atoms with Gasteiger partial charge >= 0.3 is 0 Å². The maximum atomic E-state index is 5.39. The van der Waals surface area contributed by atoms with E-state index in [0.29, 0.717) is 5.25 Å². The van der Waals surface area contributed by atoms with Crippen LogP contribution in [0, 0.1) is 0 Å². The van der Waals surface area contributed by atoms with Crippen LogP contribution in [0.15, 0.2) is 28.0 Å². The molecule has 0 N–H and O–H groups in total. The van der Waals surface area contributed by atoms with Crippen molar-refractivity contribution in [2.24, 2.45) is 0 Å². The number of rotatable bonds is 4. The summed E-state index contributed by atoms with van der Waals surface area (Å²) in [4.78, 5) is 0. The number of hydrogen-bond donors (Lipinski definition) is 0. The molecule has 0 amide bonds. The number of aromatic nitrogens is 3. The van der Waals surface area contributed by atoms with E-state index < -0.39 is 0 Å². The molecule has 6 heteroatoms. The molecular formula is C12H15N3O2S. The van der Waals surface area contributed by atoms with Crippen molar-refractivity contribution in [3.8, 4) is 11.6 Å². The van der Waals surface area contributed by atoms with Gasteiger partial charge < -0.3 is 9.15 Å². The minimum Gasteiger partial charge on any atom is -0.461 e.